The first-order valence-electron chi connectivity index (χ1n) is 6.97. The number of carbonyl (C=O) groups excluding carboxylic acids is 2. The van der Waals surface area contributed by atoms with Crippen LogP contribution in [0.3, 0.4) is 0 Å². The number of rotatable bonds is 5. The normalized spacial score (nSPS) is 26.9. The van der Waals surface area contributed by atoms with E-state index in [1.807, 2.05) is 0 Å². The number of likely N-dealkylation sites (N-methyl/N-ethyl adjacent to an activating group) is 1. The van der Waals surface area contributed by atoms with Gasteiger partial charge in [-0.25, -0.2) is 0 Å². The van der Waals surface area contributed by atoms with E-state index in [9.17, 15) is 14.4 Å². The maximum Gasteiger partial charge on any atom is 0.307 e. The van der Waals surface area contributed by atoms with Crippen LogP contribution in [0.2, 0.25) is 0 Å². The van der Waals surface area contributed by atoms with Gasteiger partial charge in [0.25, 0.3) is 0 Å². The first-order valence-corrected chi connectivity index (χ1v) is 6.97. The van der Waals surface area contributed by atoms with E-state index in [1.54, 1.807) is 7.05 Å². The lowest BCUT2D eigenvalue weighted by Crippen LogP contribution is -2.47. The minimum Gasteiger partial charge on any atom is -0.481 e. The van der Waals surface area contributed by atoms with Crippen molar-refractivity contribution in [3.63, 3.8) is 0 Å². The molecule has 2 rings (SSSR count). The number of carboxylic acids is 1. The molecule has 0 bridgehead atoms. The third kappa shape index (κ3) is 3.69. The standard InChI is InChI=1S/C13H21N3O4/c1-14-11(17)7-16-4-2-8(3-5-16)15-12(18)9-6-10(9)13(19)20/h8-10H,2-7H2,1H3,(H,14,17)(H,15,18)(H,19,20). The molecule has 0 aromatic rings. The number of amides is 2. The molecule has 1 heterocycles. The van der Waals surface area contributed by atoms with Gasteiger partial charge in [-0.2, -0.15) is 0 Å². The first-order chi connectivity index (χ1) is 9.51. The van der Waals surface area contributed by atoms with Gasteiger partial charge in [0.1, 0.15) is 0 Å². The molecular formula is C13H21N3O4. The van der Waals surface area contributed by atoms with Gasteiger partial charge in [0.05, 0.1) is 18.4 Å². The van der Waals surface area contributed by atoms with Crippen molar-refractivity contribution in [2.24, 2.45) is 11.8 Å². The van der Waals surface area contributed by atoms with Gasteiger partial charge >= 0.3 is 5.97 Å². The van der Waals surface area contributed by atoms with E-state index >= 15 is 0 Å². The Hall–Kier alpha value is -1.63. The number of likely N-dealkylation sites (tertiary alicyclic amines) is 1. The van der Waals surface area contributed by atoms with E-state index in [2.05, 4.69) is 15.5 Å². The summed E-state index contributed by atoms with van der Waals surface area (Å²) in [6.07, 6.45) is 2.05. The summed E-state index contributed by atoms with van der Waals surface area (Å²) in [5, 5.41) is 14.3. The maximum atomic E-state index is 11.8. The SMILES string of the molecule is CNC(=O)CN1CCC(NC(=O)C2CC2C(=O)O)CC1. The van der Waals surface area contributed by atoms with Crippen molar-refractivity contribution in [2.45, 2.75) is 25.3 Å². The molecule has 112 valence electrons. The number of aliphatic carboxylic acids is 1. The summed E-state index contributed by atoms with van der Waals surface area (Å²) >= 11 is 0. The van der Waals surface area contributed by atoms with Crippen molar-refractivity contribution in [1.82, 2.24) is 15.5 Å². The summed E-state index contributed by atoms with van der Waals surface area (Å²) in [7, 11) is 1.61. The first kappa shape index (κ1) is 14.8. The minimum atomic E-state index is -0.884. The number of hydrogen-bond donors (Lipinski definition) is 3. The third-order valence-electron chi connectivity index (χ3n) is 4.02. The molecule has 2 unspecified atom stereocenters. The second-order valence-corrected chi connectivity index (χ2v) is 5.52. The monoisotopic (exact) mass is 283 g/mol. The Bertz CT molecular complexity index is 404. The number of nitrogens with one attached hydrogen (secondary N) is 2. The molecule has 1 saturated heterocycles. The lowest BCUT2D eigenvalue weighted by atomic mass is 10.0. The Balaban J connectivity index is 1.68. The molecule has 7 heteroatoms. The zero-order chi connectivity index (χ0) is 14.7. The van der Waals surface area contributed by atoms with E-state index < -0.39 is 11.9 Å². The Morgan fingerprint density at radius 2 is 1.85 bits per heavy atom. The fourth-order valence-corrected chi connectivity index (χ4v) is 2.58. The van der Waals surface area contributed by atoms with Crippen molar-refractivity contribution in [3.8, 4) is 0 Å². The molecule has 0 aromatic heterocycles. The van der Waals surface area contributed by atoms with Gasteiger partial charge in [-0.3, -0.25) is 19.3 Å². The summed E-state index contributed by atoms with van der Waals surface area (Å²) in [5.41, 5.74) is 0. The van der Waals surface area contributed by atoms with Crippen LogP contribution >= 0.6 is 0 Å². The number of carbonyl (C=O) groups is 3. The van der Waals surface area contributed by atoms with Crippen molar-refractivity contribution < 1.29 is 19.5 Å². The molecule has 2 amide bonds. The average Bonchev–Trinajstić information content (AvgIpc) is 3.21. The second kappa shape index (κ2) is 6.21. The van der Waals surface area contributed by atoms with E-state index in [0.717, 1.165) is 25.9 Å². The fourth-order valence-electron chi connectivity index (χ4n) is 2.58. The third-order valence-corrected chi connectivity index (χ3v) is 4.02. The van der Waals surface area contributed by atoms with Crippen LogP contribution in [0, 0.1) is 11.8 Å². The largest absolute Gasteiger partial charge is 0.481 e. The predicted octanol–water partition coefficient (Wildman–Crippen LogP) is -0.966. The summed E-state index contributed by atoms with van der Waals surface area (Å²) in [6.45, 7) is 1.93. The minimum absolute atomic E-state index is 0.00485. The molecule has 2 atom stereocenters. The smallest absolute Gasteiger partial charge is 0.307 e. The summed E-state index contributed by atoms with van der Waals surface area (Å²) in [6, 6.07) is 0.0958. The number of nitrogens with zero attached hydrogens (tertiary/aromatic N) is 1. The fraction of sp³-hybridized carbons (Fsp3) is 0.769. The Morgan fingerprint density at radius 1 is 1.20 bits per heavy atom. The molecule has 7 nitrogen and oxygen atoms in total. The quantitative estimate of drug-likeness (QED) is 0.603. The second-order valence-electron chi connectivity index (χ2n) is 5.52. The predicted molar refractivity (Wildman–Crippen MR) is 70.9 cm³/mol. The molecule has 1 aliphatic carbocycles. The highest BCUT2D eigenvalue weighted by Gasteiger charge is 2.48. The molecule has 1 aliphatic heterocycles. The van der Waals surface area contributed by atoms with Crippen LogP contribution in [0.25, 0.3) is 0 Å². The van der Waals surface area contributed by atoms with Gasteiger partial charge in [-0.05, 0) is 19.3 Å². The van der Waals surface area contributed by atoms with Gasteiger partial charge < -0.3 is 15.7 Å². The maximum absolute atomic E-state index is 11.8. The Morgan fingerprint density at radius 3 is 2.35 bits per heavy atom. The number of piperidine rings is 1. The van der Waals surface area contributed by atoms with Crippen LogP contribution < -0.4 is 10.6 Å². The highest BCUT2D eigenvalue weighted by molar-refractivity contribution is 5.89. The van der Waals surface area contributed by atoms with Crippen LogP contribution in [-0.2, 0) is 14.4 Å². The highest BCUT2D eigenvalue weighted by atomic mass is 16.4. The summed E-state index contributed by atoms with van der Waals surface area (Å²) < 4.78 is 0. The Labute approximate surface area is 117 Å². The molecule has 0 aromatic carbocycles. The van der Waals surface area contributed by atoms with Gasteiger partial charge in [0.2, 0.25) is 11.8 Å². The van der Waals surface area contributed by atoms with E-state index in [1.165, 1.54) is 0 Å². The molecular weight excluding hydrogens is 262 g/mol. The molecule has 20 heavy (non-hydrogen) atoms. The van der Waals surface area contributed by atoms with Crippen molar-refractivity contribution >= 4 is 17.8 Å². The van der Waals surface area contributed by atoms with Gasteiger partial charge in [0.15, 0.2) is 0 Å². The zero-order valence-electron chi connectivity index (χ0n) is 11.6. The molecule has 0 radical (unpaired) electrons. The molecule has 1 saturated carbocycles. The van der Waals surface area contributed by atoms with Crippen LogP contribution in [-0.4, -0.2) is 60.5 Å². The van der Waals surface area contributed by atoms with Crippen molar-refractivity contribution in [3.05, 3.63) is 0 Å². The summed E-state index contributed by atoms with van der Waals surface area (Å²) in [4.78, 5) is 35.9. The van der Waals surface area contributed by atoms with Crippen LogP contribution in [0.4, 0.5) is 0 Å². The number of carboxylic acid groups (broad SMARTS) is 1. The zero-order valence-corrected chi connectivity index (χ0v) is 11.6. The van der Waals surface area contributed by atoms with Gasteiger partial charge in [0, 0.05) is 26.2 Å². The van der Waals surface area contributed by atoms with Gasteiger partial charge in [-0.15, -0.1) is 0 Å². The molecule has 0 spiro atoms. The van der Waals surface area contributed by atoms with E-state index in [4.69, 9.17) is 5.11 Å². The lowest BCUT2D eigenvalue weighted by Gasteiger charge is -2.31. The highest BCUT2D eigenvalue weighted by Crippen LogP contribution is 2.38. The van der Waals surface area contributed by atoms with Crippen LogP contribution in [0.15, 0.2) is 0 Å². The molecule has 2 fully saturated rings. The van der Waals surface area contributed by atoms with Gasteiger partial charge in [-0.1, -0.05) is 0 Å². The summed E-state index contributed by atoms with van der Waals surface area (Å²) in [5.74, 6) is -1.87. The number of hydrogen-bond acceptors (Lipinski definition) is 4. The Kier molecular flexibility index (Phi) is 4.59. The van der Waals surface area contributed by atoms with E-state index in [-0.39, 0.29) is 23.8 Å². The topological polar surface area (TPSA) is 98.7 Å². The van der Waals surface area contributed by atoms with Crippen LogP contribution in [0.5, 0.6) is 0 Å². The van der Waals surface area contributed by atoms with Crippen molar-refractivity contribution in [2.75, 3.05) is 26.7 Å². The lowest BCUT2D eigenvalue weighted by molar-refractivity contribution is -0.140. The average molecular weight is 283 g/mol. The van der Waals surface area contributed by atoms with Crippen molar-refractivity contribution in [1.29, 1.82) is 0 Å². The molecule has 3 N–H and O–H groups in total. The molecule has 2 aliphatic rings. The van der Waals surface area contributed by atoms with E-state index in [0.29, 0.717) is 13.0 Å². The van der Waals surface area contributed by atoms with Crippen LogP contribution in [0.1, 0.15) is 19.3 Å².